The molecule has 0 atom stereocenters. The highest BCUT2D eigenvalue weighted by molar-refractivity contribution is 7.21. The smallest absolute Gasteiger partial charge is 0.0434 e. The Labute approximate surface area is 221 Å². The maximum Gasteiger partial charge on any atom is 0.0434 e. The lowest BCUT2D eigenvalue weighted by atomic mass is 9.93. The van der Waals surface area contributed by atoms with Crippen molar-refractivity contribution in [2.45, 2.75) is 0 Å². The Morgan fingerprint density at radius 2 is 0.676 bits per heavy atom. The molecule has 0 aliphatic rings. The van der Waals surface area contributed by atoms with Crippen LogP contribution in [0.5, 0.6) is 0 Å². The summed E-state index contributed by atoms with van der Waals surface area (Å²) >= 11 is 1.90. The van der Waals surface area contributed by atoms with E-state index in [0.717, 1.165) is 0 Å². The first-order valence-corrected chi connectivity index (χ1v) is 13.4. The summed E-state index contributed by atoms with van der Waals surface area (Å²) in [6, 6.07) is 52.5. The highest BCUT2D eigenvalue weighted by Crippen LogP contribution is 2.48. The topological polar surface area (TPSA) is 0 Å². The Balaban J connectivity index is 1.49. The molecule has 7 aromatic rings. The average Bonchev–Trinajstić information content (AvgIpc) is 3.37. The Morgan fingerprint density at radius 1 is 0.270 bits per heavy atom. The van der Waals surface area contributed by atoms with Gasteiger partial charge in [-0.1, -0.05) is 146 Å². The maximum absolute atomic E-state index is 2.32. The minimum atomic E-state index is 1.25. The van der Waals surface area contributed by atoms with Gasteiger partial charge in [0, 0.05) is 31.7 Å². The minimum Gasteiger partial charge on any atom is -0.134 e. The summed E-state index contributed by atoms with van der Waals surface area (Å²) in [6.45, 7) is 0. The summed E-state index contributed by atoms with van der Waals surface area (Å²) in [6.07, 6.45) is 0. The number of hydrogen-bond donors (Lipinski definition) is 0. The molecule has 0 spiro atoms. The zero-order valence-corrected chi connectivity index (χ0v) is 21.1. The molecule has 0 bridgehead atoms. The summed E-state index contributed by atoms with van der Waals surface area (Å²) in [4.78, 5) is 2.64. The van der Waals surface area contributed by atoms with E-state index in [1.165, 1.54) is 64.7 Å². The van der Waals surface area contributed by atoms with Crippen molar-refractivity contribution in [2.24, 2.45) is 0 Å². The van der Waals surface area contributed by atoms with Crippen molar-refractivity contribution in [3.05, 3.63) is 146 Å². The van der Waals surface area contributed by atoms with Crippen molar-refractivity contribution < 1.29 is 0 Å². The van der Waals surface area contributed by atoms with Crippen molar-refractivity contribution in [1.82, 2.24) is 0 Å². The summed E-state index contributed by atoms with van der Waals surface area (Å²) in [5, 5.41) is 5.19. The van der Waals surface area contributed by atoms with Crippen LogP contribution in [0.15, 0.2) is 146 Å². The lowest BCUT2D eigenvalue weighted by molar-refractivity contribution is 1.62. The molecule has 0 aliphatic carbocycles. The molecular weight excluding hydrogens is 464 g/mol. The normalized spacial score (nSPS) is 11.2. The van der Waals surface area contributed by atoms with Crippen LogP contribution in [0.1, 0.15) is 0 Å². The van der Waals surface area contributed by atoms with Gasteiger partial charge in [-0.2, -0.15) is 0 Å². The van der Waals surface area contributed by atoms with E-state index in [9.17, 15) is 0 Å². The zero-order chi connectivity index (χ0) is 24.6. The Morgan fingerprint density at radius 3 is 1.30 bits per heavy atom. The third-order valence-corrected chi connectivity index (χ3v) is 8.42. The van der Waals surface area contributed by atoms with E-state index in [-0.39, 0.29) is 0 Å². The van der Waals surface area contributed by atoms with Gasteiger partial charge < -0.3 is 0 Å². The zero-order valence-electron chi connectivity index (χ0n) is 20.3. The molecule has 1 heterocycles. The van der Waals surface area contributed by atoms with Crippen LogP contribution in [0.4, 0.5) is 0 Å². The monoisotopic (exact) mass is 488 g/mol. The van der Waals surface area contributed by atoms with Gasteiger partial charge in [0.1, 0.15) is 0 Å². The highest BCUT2D eigenvalue weighted by atomic mass is 32.1. The molecule has 174 valence electrons. The second kappa shape index (κ2) is 9.20. The van der Waals surface area contributed by atoms with Gasteiger partial charge in [-0.25, -0.2) is 0 Å². The number of fused-ring (bicyclic) bond motifs is 2. The highest BCUT2D eigenvalue weighted by Gasteiger charge is 2.19. The van der Waals surface area contributed by atoms with Crippen molar-refractivity contribution in [3.8, 4) is 43.1 Å². The van der Waals surface area contributed by atoms with Gasteiger partial charge in [-0.05, 0) is 33.0 Å². The number of hydrogen-bond acceptors (Lipinski definition) is 1. The summed E-state index contributed by atoms with van der Waals surface area (Å²) < 4.78 is 0. The first-order valence-electron chi connectivity index (χ1n) is 12.6. The molecule has 6 aromatic carbocycles. The van der Waals surface area contributed by atoms with Crippen LogP contribution in [-0.4, -0.2) is 0 Å². The van der Waals surface area contributed by atoms with Crippen molar-refractivity contribution in [2.75, 3.05) is 0 Å². The largest absolute Gasteiger partial charge is 0.134 e. The van der Waals surface area contributed by atoms with Crippen LogP contribution in [0.3, 0.4) is 0 Å². The van der Waals surface area contributed by atoms with Crippen LogP contribution in [0.25, 0.3) is 64.7 Å². The van der Waals surface area contributed by atoms with E-state index >= 15 is 0 Å². The fourth-order valence-corrected chi connectivity index (χ4v) is 6.76. The van der Waals surface area contributed by atoms with E-state index < -0.39 is 0 Å². The van der Waals surface area contributed by atoms with Crippen LogP contribution >= 0.6 is 11.3 Å². The Bertz CT molecular complexity index is 1860. The molecule has 0 amide bonds. The molecule has 7 rings (SSSR count). The number of thiophene rings is 1. The van der Waals surface area contributed by atoms with Gasteiger partial charge in [0.15, 0.2) is 0 Å². The van der Waals surface area contributed by atoms with Crippen molar-refractivity contribution >= 4 is 32.9 Å². The first kappa shape index (κ1) is 21.8. The molecule has 0 radical (unpaired) electrons. The molecule has 0 unspecified atom stereocenters. The number of benzene rings is 6. The fraction of sp³-hybridized carbons (Fsp3) is 0. The average molecular weight is 489 g/mol. The summed E-state index contributed by atoms with van der Waals surface area (Å²) in [7, 11) is 0. The van der Waals surface area contributed by atoms with E-state index in [2.05, 4.69) is 146 Å². The maximum atomic E-state index is 2.32. The first-order chi connectivity index (χ1) is 18.4. The van der Waals surface area contributed by atoms with Gasteiger partial charge in [-0.3, -0.25) is 0 Å². The van der Waals surface area contributed by atoms with Gasteiger partial charge in [-0.15, -0.1) is 11.3 Å². The van der Waals surface area contributed by atoms with Gasteiger partial charge in [0.25, 0.3) is 0 Å². The molecule has 0 saturated carbocycles. The molecule has 0 aliphatic heterocycles. The molecule has 37 heavy (non-hydrogen) atoms. The number of rotatable bonds is 4. The molecule has 0 fully saturated rings. The SMILES string of the molecule is c1ccc(-c2ccccc2-c2sc(-c3ccc(-c4ccccc4)c4ccccc34)c3ccccc23)cc1. The van der Waals surface area contributed by atoms with Gasteiger partial charge in [0.05, 0.1) is 0 Å². The van der Waals surface area contributed by atoms with Crippen molar-refractivity contribution in [3.63, 3.8) is 0 Å². The fourth-order valence-electron chi connectivity index (χ4n) is 5.41. The molecule has 0 N–H and O–H groups in total. The van der Waals surface area contributed by atoms with E-state index in [4.69, 9.17) is 0 Å². The third kappa shape index (κ3) is 3.76. The van der Waals surface area contributed by atoms with Crippen LogP contribution in [0, 0.1) is 0 Å². The van der Waals surface area contributed by atoms with Crippen LogP contribution < -0.4 is 0 Å². The van der Waals surface area contributed by atoms with E-state index in [1.54, 1.807) is 0 Å². The lowest BCUT2D eigenvalue weighted by Gasteiger charge is -2.11. The second-order valence-electron chi connectivity index (χ2n) is 9.29. The Hall–Kier alpha value is -4.46. The molecule has 1 heteroatoms. The molecule has 0 saturated heterocycles. The quantitative estimate of drug-likeness (QED) is 0.231. The lowest BCUT2D eigenvalue weighted by Crippen LogP contribution is -1.84. The minimum absolute atomic E-state index is 1.25. The molecular formula is C36H24S. The standard InChI is InChI=1S/C36H24S/c1-3-13-25(14-4-1)27-17-7-10-20-31(27)35-32-21-11-12-22-33(32)36(37-35)34-24-23-28(26-15-5-2-6-16-26)29-18-8-9-19-30(29)34/h1-24H. The predicted octanol–water partition coefficient (Wildman–Crippen LogP) is 10.7. The predicted molar refractivity (Wildman–Crippen MR) is 161 cm³/mol. The molecule has 0 nitrogen and oxygen atoms in total. The third-order valence-electron chi connectivity index (χ3n) is 7.13. The summed E-state index contributed by atoms with van der Waals surface area (Å²) in [5.41, 5.74) is 7.61. The summed E-state index contributed by atoms with van der Waals surface area (Å²) in [5.74, 6) is 0. The van der Waals surface area contributed by atoms with Gasteiger partial charge >= 0.3 is 0 Å². The molecule has 1 aromatic heterocycles. The van der Waals surface area contributed by atoms with E-state index in [0.29, 0.717) is 0 Å². The Kier molecular flexibility index (Phi) is 5.42. The van der Waals surface area contributed by atoms with Crippen LogP contribution in [-0.2, 0) is 0 Å². The van der Waals surface area contributed by atoms with Crippen LogP contribution in [0.2, 0.25) is 0 Å². The van der Waals surface area contributed by atoms with Gasteiger partial charge in [0.2, 0.25) is 0 Å². The van der Waals surface area contributed by atoms with Crippen molar-refractivity contribution in [1.29, 1.82) is 0 Å². The second-order valence-corrected chi connectivity index (χ2v) is 10.3. The van der Waals surface area contributed by atoms with E-state index in [1.807, 2.05) is 11.3 Å².